The van der Waals surface area contributed by atoms with Gasteiger partial charge in [0.15, 0.2) is 17.8 Å². The molecular weight excluding hydrogens is 229 g/mol. The van der Waals surface area contributed by atoms with Crippen LogP contribution >= 0.6 is 0 Å². The van der Waals surface area contributed by atoms with Crippen molar-refractivity contribution >= 4 is 6.08 Å². The summed E-state index contributed by atoms with van der Waals surface area (Å²) in [5.41, 5.74) is 0.721. The number of hydrogen-bond donors (Lipinski definition) is 0. The Morgan fingerprint density at radius 3 is 2.61 bits per heavy atom. The van der Waals surface area contributed by atoms with Crippen LogP contribution in [0.5, 0.6) is 11.5 Å². The third-order valence-electron chi connectivity index (χ3n) is 2.27. The molecule has 0 N–H and O–H groups in total. The first-order chi connectivity index (χ1) is 8.79. The highest BCUT2D eigenvalue weighted by Crippen LogP contribution is 2.25. The number of benzene rings is 2. The van der Waals surface area contributed by atoms with E-state index in [1.54, 1.807) is 30.3 Å². The Morgan fingerprint density at radius 1 is 1.11 bits per heavy atom. The van der Waals surface area contributed by atoms with Crippen LogP contribution in [0, 0.1) is 12.4 Å². The minimum atomic E-state index is -0.432. The van der Waals surface area contributed by atoms with Gasteiger partial charge in [0.05, 0.1) is 6.57 Å². The summed E-state index contributed by atoms with van der Waals surface area (Å²) in [5, 5.41) is 0. The lowest BCUT2D eigenvalue weighted by atomic mass is 10.2. The molecule has 0 aromatic heterocycles. The van der Waals surface area contributed by atoms with Crippen molar-refractivity contribution in [3.8, 4) is 11.5 Å². The molecule has 0 spiro atoms. The average Bonchev–Trinajstić information content (AvgIpc) is 2.41. The highest BCUT2D eigenvalue weighted by atomic mass is 19.1. The van der Waals surface area contributed by atoms with Crippen molar-refractivity contribution in [1.29, 1.82) is 0 Å². The molecule has 0 aliphatic rings. The number of para-hydroxylation sites is 1. The maximum Gasteiger partial charge on any atom is 0.165 e. The monoisotopic (exact) mass is 239 g/mol. The molecule has 0 heterocycles. The van der Waals surface area contributed by atoms with Gasteiger partial charge in [0.2, 0.25) is 0 Å². The minimum Gasteiger partial charge on any atom is -0.454 e. The zero-order valence-electron chi connectivity index (χ0n) is 9.51. The standard InChI is InChI=1S/C15H10FNO/c1-17-10-9-12-7-8-14(16)15(11-12)18-13-5-3-2-4-6-13/h2-11H/b10-9+. The Morgan fingerprint density at radius 2 is 1.89 bits per heavy atom. The predicted molar refractivity (Wildman–Crippen MR) is 68.6 cm³/mol. The largest absolute Gasteiger partial charge is 0.454 e. The summed E-state index contributed by atoms with van der Waals surface area (Å²) in [5.74, 6) is 0.287. The van der Waals surface area contributed by atoms with Crippen molar-refractivity contribution in [2.24, 2.45) is 0 Å². The molecule has 2 aromatic rings. The van der Waals surface area contributed by atoms with Gasteiger partial charge >= 0.3 is 0 Å². The summed E-state index contributed by atoms with van der Waals surface area (Å²) in [4.78, 5) is 3.10. The highest BCUT2D eigenvalue weighted by molar-refractivity contribution is 5.53. The Hall–Kier alpha value is -2.60. The van der Waals surface area contributed by atoms with Gasteiger partial charge in [0.25, 0.3) is 0 Å². The summed E-state index contributed by atoms with van der Waals surface area (Å²) in [6.45, 7) is 6.66. The molecular formula is C15H10FNO. The molecule has 0 amide bonds. The van der Waals surface area contributed by atoms with E-state index in [-0.39, 0.29) is 5.75 Å². The fourth-order valence-electron chi connectivity index (χ4n) is 1.44. The first-order valence-corrected chi connectivity index (χ1v) is 5.35. The molecule has 0 radical (unpaired) electrons. The summed E-state index contributed by atoms with van der Waals surface area (Å²) >= 11 is 0. The number of rotatable bonds is 3. The van der Waals surface area contributed by atoms with Crippen molar-refractivity contribution in [1.82, 2.24) is 0 Å². The Kier molecular flexibility index (Phi) is 3.72. The molecule has 2 aromatic carbocycles. The molecule has 0 unspecified atom stereocenters. The third-order valence-corrected chi connectivity index (χ3v) is 2.27. The molecule has 0 saturated heterocycles. The number of halogens is 1. The molecule has 2 rings (SSSR count). The van der Waals surface area contributed by atoms with Crippen molar-refractivity contribution in [3.05, 3.63) is 77.5 Å². The van der Waals surface area contributed by atoms with Gasteiger partial charge in [0.1, 0.15) is 5.75 Å². The predicted octanol–water partition coefficient (Wildman–Crippen LogP) is 4.51. The second-order valence-electron chi connectivity index (χ2n) is 3.55. The average molecular weight is 239 g/mol. The number of nitrogens with zero attached hydrogens (tertiary/aromatic N) is 1. The van der Waals surface area contributed by atoms with E-state index in [2.05, 4.69) is 4.85 Å². The van der Waals surface area contributed by atoms with Gasteiger partial charge in [-0.3, -0.25) is 0 Å². The molecule has 2 nitrogen and oxygen atoms in total. The van der Waals surface area contributed by atoms with Crippen molar-refractivity contribution < 1.29 is 9.13 Å². The van der Waals surface area contributed by atoms with Gasteiger partial charge in [-0.15, -0.1) is 0 Å². The van der Waals surface area contributed by atoms with Crippen molar-refractivity contribution in [3.63, 3.8) is 0 Å². The molecule has 0 atom stereocenters. The van der Waals surface area contributed by atoms with Crippen LogP contribution in [-0.4, -0.2) is 0 Å². The second kappa shape index (κ2) is 5.65. The zero-order chi connectivity index (χ0) is 12.8. The van der Waals surface area contributed by atoms with Crippen LogP contribution in [-0.2, 0) is 0 Å². The minimum absolute atomic E-state index is 0.147. The molecule has 18 heavy (non-hydrogen) atoms. The zero-order valence-corrected chi connectivity index (χ0v) is 9.51. The topological polar surface area (TPSA) is 13.6 Å². The van der Waals surface area contributed by atoms with Gasteiger partial charge in [-0.05, 0) is 29.8 Å². The van der Waals surface area contributed by atoms with Crippen LogP contribution in [0.4, 0.5) is 4.39 Å². The van der Waals surface area contributed by atoms with Crippen LogP contribution < -0.4 is 4.74 Å². The number of hydrogen-bond acceptors (Lipinski definition) is 1. The first-order valence-electron chi connectivity index (χ1n) is 5.35. The van der Waals surface area contributed by atoms with Crippen LogP contribution in [0.3, 0.4) is 0 Å². The Bertz CT molecular complexity index is 600. The SMILES string of the molecule is [C-]#[N+]/C=C/c1ccc(F)c(Oc2ccccc2)c1. The highest BCUT2D eigenvalue weighted by Gasteiger charge is 2.04. The van der Waals surface area contributed by atoms with Gasteiger partial charge in [-0.2, -0.15) is 0 Å². The summed E-state index contributed by atoms with van der Waals surface area (Å²) in [6.07, 6.45) is 2.92. The quantitative estimate of drug-likeness (QED) is 0.718. The van der Waals surface area contributed by atoms with Crippen LogP contribution in [0.25, 0.3) is 10.9 Å². The van der Waals surface area contributed by atoms with E-state index < -0.39 is 5.82 Å². The van der Waals surface area contributed by atoms with Crippen molar-refractivity contribution in [2.45, 2.75) is 0 Å². The second-order valence-corrected chi connectivity index (χ2v) is 3.55. The maximum absolute atomic E-state index is 13.6. The van der Waals surface area contributed by atoms with Crippen molar-refractivity contribution in [2.75, 3.05) is 0 Å². The van der Waals surface area contributed by atoms with Gasteiger partial charge < -0.3 is 4.74 Å². The van der Waals surface area contributed by atoms with E-state index >= 15 is 0 Å². The lowest BCUT2D eigenvalue weighted by Crippen LogP contribution is -1.88. The van der Waals surface area contributed by atoms with Crippen LogP contribution in [0.1, 0.15) is 5.56 Å². The molecule has 3 heteroatoms. The molecule has 0 saturated carbocycles. The Labute approximate surface area is 105 Å². The maximum atomic E-state index is 13.6. The molecule has 0 aliphatic heterocycles. The van der Waals surface area contributed by atoms with E-state index in [1.165, 1.54) is 12.3 Å². The van der Waals surface area contributed by atoms with Gasteiger partial charge in [-0.25, -0.2) is 9.24 Å². The fraction of sp³-hybridized carbons (Fsp3) is 0. The van der Waals surface area contributed by atoms with E-state index in [0.29, 0.717) is 5.75 Å². The molecule has 0 bridgehead atoms. The fourth-order valence-corrected chi connectivity index (χ4v) is 1.44. The molecule has 0 fully saturated rings. The van der Waals surface area contributed by atoms with E-state index in [9.17, 15) is 4.39 Å². The third kappa shape index (κ3) is 2.96. The Balaban J connectivity index is 2.27. The summed E-state index contributed by atoms with van der Waals surface area (Å²) in [6, 6.07) is 13.5. The van der Waals surface area contributed by atoms with E-state index in [4.69, 9.17) is 11.3 Å². The molecule has 0 aliphatic carbocycles. The summed E-state index contributed by atoms with van der Waals surface area (Å²) in [7, 11) is 0. The first kappa shape index (κ1) is 11.9. The molecule has 88 valence electrons. The van der Waals surface area contributed by atoms with E-state index in [0.717, 1.165) is 5.56 Å². The normalized spacial score (nSPS) is 10.2. The number of ether oxygens (including phenoxy) is 1. The van der Waals surface area contributed by atoms with E-state index in [1.807, 2.05) is 18.2 Å². The lowest BCUT2D eigenvalue weighted by molar-refractivity contribution is 0.442. The van der Waals surface area contributed by atoms with Crippen LogP contribution in [0.2, 0.25) is 0 Å². The van der Waals surface area contributed by atoms with Gasteiger partial charge in [0, 0.05) is 0 Å². The summed E-state index contributed by atoms with van der Waals surface area (Å²) < 4.78 is 19.0. The van der Waals surface area contributed by atoms with Crippen LogP contribution in [0.15, 0.2) is 54.7 Å². The lowest BCUT2D eigenvalue weighted by Gasteiger charge is -2.07. The van der Waals surface area contributed by atoms with Gasteiger partial charge in [-0.1, -0.05) is 30.3 Å². The smallest absolute Gasteiger partial charge is 0.165 e.